The lowest BCUT2D eigenvalue weighted by Gasteiger charge is -2.30. The first kappa shape index (κ1) is 16.0. The molecule has 0 spiro atoms. The van der Waals surface area contributed by atoms with Crippen LogP contribution in [0.25, 0.3) is 11.1 Å². The lowest BCUT2D eigenvalue weighted by Crippen LogP contribution is -2.30. The molecule has 0 saturated carbocycles. The van der Waals surface area contributed by atoms with Gasteiger partial charge in [-0.05, 0) is 53.9 Å². The molecule has 0 unspecified atom stereocenters. The lowest BCUT2D eigenvalue weighted by atomic mass is 9.99. The van der Waals surface area contributed by atoms with E-state index in [0.29, 0.717) is 5.56 Å². The smallest absolute Gasteiger partial charge is 0.131 e. The first-order valence-electron chi connectivity index (χ1n) is 8.03. The van der Waals surface area contributed by atoms with Crippen LogP contribution >= 0.6 is 11.6 Å². The highest BCUT2D eigenvalue weighted by atomic mass is 35.5. The first-order valence-corrected chi connectivity index (χ1v) is 8.41. The summed E-state index contributed by atoms with van der Waals surface area (Å²) in [6, 6.07) is 11.2. The molecule has 0 aliphatic carbocycles. The van der Waals surface area contributed by atoms with E-state index < -0.39 is 11.6 Å². The summed E-state index contributed by atoms with van der Waals surface area (Å²) in [6.45, 7) is 1.56. The van der Waals surface area contributed by atoms with E-state index in [-0.39, 0.29) is 5.56 Å². The molecule has 2 aromatic carbocycles. The van der Waals surface area contributed by atoms with E-state index in [2.05, 4.69) is 9.88 Å². The molecule has 0 bridgehead atoms. The van der Waals surface area contributed by atoms with E-state index in [9.17, 15) is 8.78 Å². The van der Waals surface area contributed by atoms with Gasteiger partial charge in [0.25, 0.3) is 0 Å². The van der Waals surface area contributed by atoms with Crippen molar-refractivity contribution < 1.29 is 8.78 Å². The van der Waals surface area contributed by atoms with Crippen molar-refractivity contribution >= 4 is 17.3 Å². The molecular formula is C20H15ClF2N2. The highest BCUT2D eigenvalue weighted by Crippen LogP contribution is 2.30. The van der Waals surface area contributed by atoms with Gasteiger partial charge in [0, 0.05) is 35.4 Å². The Morgan fingerprint density at radius 3 is 2.72 bits per heavy atom. The van der Waals surface area contributed by atoms with E-state index in [1.807, 2.05) is 24.3 Å². The number of pyridine rings is 1. The topological polar surface area (TPSA) is 16.1 Å². The molecule has 1 aromatic heterocycles. The molecule has 1 aliphatic heterocycles. The Kier molecular flexibility index (Phi) is 4.14. The van der Waals surface area contributed by atoms with Gasteiger partial charge in [-0.2, -0.15) is 0 Å². The predicted molar refractivity (Wildman–Crippen MR) is 95.8 cm³/mol. The number of hydrogen-bond acceptors (Lipinski definition) is 2. The maximum atomic E-state index is 14.0. The minimum Gasteiger partial charge on any atom is -0.366 e. The molecule has 0 fully saturated rings. The van der Waals surface area contributed by atoms with Gasteiger partial charge in [-0.15, -0.1) is 0 Å². The van der Waals surface area contributed by atoms with Crippen LogP contribution in [0.5, 0.6) is 0 Å². The van der Waals surface area contributed by atoms with Crippen LogP contribution in [0.4, 0.5) is 14.5 Å². The number of fused-ring (bicyclic) bond motifs is 1. The van der Waals surface area contributed by atoms with Crippen molar-refractivity contribution in [2.75, 3.05) is 11.4 Å². The van der Waals surface area contributed by atoms with Crippen LogP contribution in [0.1, 0.15) is 11.1 Å². The number of benzene rings is 2. The minimum atomic E-state index is -0.467. The average molecular weight is 357 g/mol. The lowest BCUT2D eigenvalue weighted by molar-refractivity contribution is 0.603. The Balaban J connectivity index is 1.66. The van der Waals surface area contributed by atoms with Crippen LogP contribution in [0.3, 0.4) is 0 Å². The second-order valence-electron chi connectivity index (χ2n) is 6.14. The predicted octanol–water partition coefficient (Wildman–Crippen LogP) is 5.24. The van der Waals surface area contributed by atoms with Gasteiger partial charge in [0.05, 0.1) is 11.9 Å². The van der Waals surface area contributed by atoms with Crippen LogP contribution in [-0.2, 0) is 13.0 Å². The van der Waals surface area contributed by atoms with Crippen LogP contribution in [0.2, 0.25) is 5.02 Å². The average Bonchev–Trinajstić information content (AvgIpc) is 2.63. The fourth-order valence-corrected chi connectivity index (χ4v) is 3.40. The van der Waals surface area contributed by atoms with Crippen molar-refractivity contribution in [3.63, 3.8) is 0 Å². The quantitative estimate of drug-likeness (QED) is 0.624. The summed E-state index contributed by atoms with van der Waals surface area (Å²) in [4.78, 5) is 6.41. The number of nitrogens with zero attached hydrogens (tertiary/aromatic N) is 2. The molecule has 2 nitrogen and oxygen atoms in total. The number of aromatic nitrogens is 1. The summed E-state index contributed by atoms with van der Waals surface area (Å²) < 4.78 is 27.5. The molecule has 25 heavy (non-hydrogen) atoms. The Morgan fingerprint density at radius 1 is 0.960 bits per heavy atom. The fourth-order valence-electron chi connectivity index (χ4n) is 3.21. The van der Waals surface area contributed by atoms with Crippen LogP contribution in [0.15, 0.2) is 54.9 Å². The molecule has 1 aliphatic rings. The summed E-state index contributed by atoms with van der Waals surface area (Å²) in [5.41, 5.74) is 4.15. The summed E-state index contributed by atoms with van der Waals surface area (Å²) in [7, 11) is 0. The van der Waals surface area contributed by atoms with Gasteiger partial charge >= 0.3 is 0 Å². The Labute approximate surface area is 149 Å². The van der Waals surface area contributed by atoms with Crippen molar-refractivity contribution in [1.29, 1.82) is 0 Å². The first-order chi connectivity index (χ1) is 12.1. The third-order valence-electron chi connectivity index (χ3n) is 4.51. The number of halogens is 3. The Morgan fingerprint density at radius 2 is 1.84 bits per heavy atom. The van der Waals surface area contributed by atoms with Crippen molar-refractivity contribution in [3.05, 3.63) is 82.6 Å². The molecule has 3 aromatic rings. The molecule has 0 N–H and O–H groups in total. The molecule has 5 heteroatoms. The highest BCUT2D eigenvalue weighted by molar-refractivity contribution is 6.30. The number of hydrogen-bond donors (Lipinski definition) is 0. The van der Waals surface area contributed by atoms with E-state index in [0.717, 1.165) is 42.4 Å². The van der Waals surface area contributed by atoms with Gasteiger partial charge in [0.1, 0.15) is 11.6 Å². The fraction of sp³-hybridized carbons (Fsp3) is 0.150. The normalized spacial score (nSPS) is 13.6. The summed E-state index contributed by atoms with van der Waals surface area (Å²) >= 11 is 6.06. The number of anilines is 1. The summed E-state index contributed by atoms with van der Waals surface area (Å²) in [5.74, 6) is -0.926. The molecule has 0 atom stereocenters. The largest absolute Gasteiger partial charge is 0.366 e. The van der Waals surface area contributed by atoms with E-state index in [4.69, 9.17) is 11.6 Å². The Hall–Kier alpha value is -2.46. The van der Waals surface area contributed by atoms with Crippen LogP contribution in [0, 0.1) is 11.6 Å². The molecular weight excluding hydrogens is 342 g/mol. The van der Waals surface area contributed by atoms with Crippen LogP contribution in [-0.4, -0.2) is 11.5 Å². The Bertz CT molecular complexity index is 943. The standard InChI is InChI=1S/C20H15ClF2N2/c21-16-2-1-14-12-25(6-5-13(14)7-16)18-8-15(10-24-11-18)19-9-17(22)3-4-20(19)23/h1-4,7-11H,5-6,12H2. The highest BCUT2D eigenvalue weighted by Gasteiger charge is 2.18. The third kappa shape index (κ3) is 3.22. The molecule has 4 rings (SSSR count). The van der Waals surface area contributed by atoms with Crippen molar-refractivity contribution in [3.8, 4) is 11.1 Å². The number of rotatable bonds is 2. The molecule has 0 amide bonds. The molecule has 0 radical (unpaired) electrons. The third-order valence-corrected chi connectivity index (χ3v) is 4.74. The van der Waals surface area contributed by atoms with Crippen molar-refractivity contribution in [2.24, 2.45) is 0 Å². The second kappa shape index (κ2) is 6.45. The van der Waals surface area contributed by atoms with Crippen molar-refractivity contribution in [2.45, 2.75) is 13.0 Å². The van der Waals surface area contributed by atoms with Gasteiger partial charge < -0.3 is 4.90 Å². The van der Waals surface area contributed by atoms with Gasteiger partial charge in [-0.1, -0.05) is 17.7 Å². The zero-order valence-corrected chi connectivity index (χ0v) is 14.1. The molecule has 0 saturated heterocycles. The van der Waals surface area contributed by atoms with E-state index >= 15 is 0 Å². The SMILES string of the molecule is Fc1ccc(F)c(-c2cncc(N3CCc4cc(Cl)ccc4C3)c2)c1. The maximum Gasteiger partial charge on any atom is 0.131 e. The maximum absolute atomic E-state index is 14.0. The summed E-state index contributed by atoms with van der Waals surface area (Å²) in [5, 5.41) is 0.748. The van der Waals surface area contributed by atoms with Gasteiger partial charge in [-0.3, -0.25) is 4.98 Å². The second-order valence-corrected chi connectivity index (χ2v) is 6.58. The van der Waals surface area contributed by atoms with Gasteiger partial charge in [0.15, 0.2) is 0 Å². The van der Waals surface area contributed by atoms with Crippen molar-refractivity contribution in [1.82, 2.24) is 4.98 Å². The van der Waals surface area contributed by atoms with Gasteiger partial charge in [-0.25, -0.2) is 8.78 Å². The zero-order chi connectivity index (χ0) is 17.4. The van der Waals surface area contributed by atoms with Gasteiger partial charge in [0.2, 0.25) is 0 Å². The monoisotopic (exact) mass is 356 g/mol. The summed E-state index contributed by atoms with van der Waals surface area (Å²) in [6.07, 6.45) is 4.19. The minimum absolute atomic E-state index is 0.221. The molecule has 2 heterocycles. The zero-order valence-electron chi connectivity index (χ0n) is 13.3. The van der Waals surface area contributed by atoms with Crippen LogP contribution < -0.4 is 4.90 Å². The van der Waals surface area contributed by atoms with E-state index in [1.54, 1.807) is 12.4 Å². The molecule has 126 valence electrons. The van der Waals surface area contributed by atoms with E-state index in [1.165, 1.54) is 17.2 Å².